The number of ether oxygens (including phenoxy) is 1. The molecule has 0 spiro atoms. The number of nitrogens with zero attached hydrogens (tertiary/aromatic N) is 7. The molecular weight excluding hydrogens is 917 g/mol. The largest absolute Gasteiger partial charge is 0.492 e. The Hall–Kier alpha value is -5.09. The second kappa shape index (κ2) is 19.8. The highest BCUT2D eigenvalue weighted by Crippen LogP contribution is 2.42. The number of nitrogens with one attached hydrogen (secondary N) is 3. The van der Waals surface area contributed by atoms with E-state index in [0.29, 0.717) is 70.0 Å². The fourth-order valence-corrected chi connectivity index (χ4v) is 11.1. The molecule has 18 heteroatoms. The lowest BCUT2D eigenvalue weighted by Gasteiger charge is -2.43. The molecule has 1 atom stereocenters. The van der Waals surface area contributed by atoms with Crippen LogP contribution in [0.4, 0.5) is 37.6 Å². The number of halogens is 3. The van der Waals surface area contributed by atoms with Crippen molar-refractivity contribution in [3.05, 3.63) is 87.4 Å². The smallest absolute Gasteiger partial charge is 0.234 e. The Labute approximate surface area is 386 Å². The van der Waals surface area contributed by atoms with Crippen LogP contribution in [0.2, 0.25) is 0 Å². The van der Waals surface area contributed by atoms with Crippen molar-refractivity contribution < 1.29 is 27.7 Å². The molecule has 3 saturated heterocycles. The quantitative estimate of drug-likeness (QED) is 0.0732. The molecule has 3 aliphatic heterocycles. The van der Waals surface area contributed by atoms with Crippen LogP contribution in [-0.4, -0.2) is 113 Å². The SMILES string of the molecule is CCOc1cc(N2CCC(N3CCN(CCc4cc(F)c([C@H]5CCC(=O)NC5=O)c(F)c4)CC3)CC2)c(CC)cc1Nc1ncc(Br)c(Nc2ccc3nc(C)ncc3c2P(C)(C)=O)n1. The van der Waals surface area contributed by atoms with Gasteiger partial charge in [-0.3, -0.25) is 19.8 Å². The van der Waals surface area contributed by atoms with Gasteiger partial charge in [0, 0.05) is 98.7 Å². The van der Waals surface area contributed by atoms with Crippen molar-refractivity contribution in [3.63, 3.8) is 0 Å². The molecular formula is C47H56BrF2N10O4P. The second-order valence-corrected chi connectivity index (χ2v) is 21.4. The van der Waals surface area contributed by atoms with Crippen molar-refractivity contribution in [2.24, 2.45) is 0 Å². The fraction of sp³-hybridized carbons (Fsp3) is 0.447. The standard InChI is InChI=1S/C47H56BrF2N10O4P/c1-6-30-24-39(55-47-52-27-34(48)45(57-47)54-38-10-9-37-33(26-51-28(3)53-37)44(38)65(4,5)63)41(64-7-2)25-40(30)60-16-13-31(14-17-60)59-20-18-58(19-21-59)15-12-29-22-35(49)43(36(50)23-29)32-8-11-42(61)56-46(32)62/h9-10,22-27,31-32H,6-8,11-21H2,1-5H3,(H,56,61,62)(H2,52,54,55,57)/t32-/m1/s1. The summed E-state index contributed by atoms with van der Waals surface area (Å²) < 4.78 is 50.7. The van der Waals surface area contributed by atoms with Gasteiger partial charge in [-0.1, -0.05) is 6.92 Å². The molecule has 0 radical (unpaired) electrons. The van der Waals surface area contributed by atoms with Gasteiger partial charge in [0.2, 0.25) is 17.8 Å². The number of aryl methyl sites for hydroxylation is 2. The van der Waals surface area contributed by atoms with E-state index in [4.69, 9.17) is 9.72 Å². The number of benzene rings is 3. The molecule has 14 nitrogen and oxygen atoms in total. The van der Waals surface area contributed by atoms with Crippen LogP contribution in [0.3, 0.4) is 0 Å². The molecule has 5 aromatic rings. The number of fused-ring (bicyclic) bond motifs is 1. The van der Waals surface area contributed by atoms with Crippen molar-refractivity contribution in [3.8, 4) is 5.75 Å². The molecule has 2 amide bonds. The van der Waals surface area contributed by atoms with Crippen LogP contribution in [-0.2, 0) is 27.0 Å². The van der Waals surface area contributed by atoms with Gasteiger partial charge >= 0.3 is 0 Å². The van der Waals surface area contributed by atoms with E-state index >= 15 is 8.78 Å². The predicted octanol–water partition coefficient (Wildman–Crippen LogP) is 7.81. The molecule has 3 N–H and O–H groups in total. The summed E-state index contributed by atoms with van der Waals surface area (Å²) in [5.41, 5.74) is 4.80. The van der Waals surface area contributed by atoms with Gasteiger partial charge in [0.15, 0.2) is 0 Å². The van der Waals surface area contributed by atoms with Crippen molar-refractivity contribution in [1.29, 1.82) is 0 Å². The number of aromatic nitrogens is 4. The number of hydrogen-bond acceptors (Lipinski definition) is 13. The van der Waals surface area contributed by atoms with Crippen molar-refractivity contribution in [1.82, 2.24) is 35.1 Å². The minimum atomic E-state index is -2.78. The maximum atomic E-state index is 15.1. The Bertz CT molecular complexity index is 2630. The zero-order valence-corrected chi connectivity index (χ0v) is 40.0. The summed E-state index contributed by atoms with van der Waals surface area (Å²) >= 11 is 3.61. The van der Waals surface area contributed by atoms with Crippen LogP contribution in [0.25, 0.3) is 10.9 Å². The average Bonchev–Trinajstić information content (AvgIpc) is 3.27. The first-order chi connectivity index (χ1) is 31.2. The fourth-order valence-electron chi connectivity index (χ4n) is 9.39. The summed E-state index contributed by atoms with van der Waals surface area (Å²) in [5, 5.41) is 10.4. The molecule has 0 saturated carbocycles. The van der Waals surface area contributed by atoms with Crippen LogP contribution in [0.1, 0.15) is 68.0 Å². The first kappa shape index (κ1) is 46.4. The number of hydrogen-bond donors (Lipinski definition) is 3. The van der Waals surface area contributed by atoms with Crippen LogP contribution in [0.15, 0.2) is 53.3 Å². The van der Waals surface area contributed by atoms with E-state index in [-0.39, 0.29) is 18.4 Å². The van der Waals surface area contributed by atoms with E-state index in [1.165, 1.54) is 17.7 Å². The molecule has 0 aliphatic carbocycles. The topological polar surface area (TPSA) is 158 Å². The number of piperazine rings is 1. The number of carbonyl (C=O) groups is 2. The molecule has 3 aromatic carbocycles. The molecule has 65 heavy (non-hydrogen) atoms. The van der Waals surface area contributed by atoms with Crippen LogP contribution >= 0.6 is 23.1 Å². The third-order valence-electron chi connectivity index (χ3n) is 12.7. The number of anilines is 5. The van der Waals surface area contributed by atoms with Gasteiger partial charge in [0.25, 0.3) is 0 Å². The Morgan fingerprint density at radius 2 is 1.65 bits per heavy atom. The van der Waals surface area contributed by atoms with E-state index in [2.05, 4.69) is 80.6 Å². The molecule has 3 aliphatic rings. The number of amides is 2. The van der Waals surface area contributed by atoms with E-state index in [0.717, 1.165) is 80.8 Å². The minimum Gasteiger partial charge on any atom is -0.492 e. The number of piperidine rings is 2. The Morgan fingerprint density at radius 3 is 2.32 bits per heavy atom. The number of imide groups is 1. The third kappa shape index (κ3) is 10.5. The molecule has 0 bridgehead atoms. The Balaban J connectivity index is 0.883. The lowest BCUT2D eigenvalue weighted by atomic mass is 9.89. The number of rotatable bonds is 14. The molecule has 2 aromatic heterocycles. The molecule has 8 rings (SSSR count). The number of carbonyl (C=O) groups excluding carboxylic acids is 2. The van der Waals surface area contributed by atoms with Crippen molar-refractivity contribution in [2.75, 3.05) is 81.3 Å². The average molecular weight is 974 g/mol. The van der Waals surface area contributed by atoms with E-state index in [1.807, 2.05) is 26.0 Å². The van der Waals surface area contributed by atoms with Gasteiger partial charge < -0.3 is 29.7 Å². The normalized spacial score (nSPS) is 18.0. The van der Waals surface area contributed by atoms with Gasteiger partial charge in [-0.2, -0.15) is 4.98 Å². The lowest BCUT2D eigenvalue weighted by Crippen LogP contribution is -2.53. The van der Waals surface area contributed by atoms with E-state index < -0.39 is 36.5 Å². The summed E-state index contributed by atoms with van der Waals surface area (Å²) in [6.45, 7) is 16.1. The highest BCUT2D eigenvalue weighted by Gasteiger charge is 2.33. The lowest BCUT2D eigenvalue weighted by molar-refractivity contribution is -0.134. The minimum absolute atomic E-state index is 0.0635. The van der Waals surface area contributed by atoms with Gasteiger partial charge in [0.1, 0.15) is 36.2 Å². The third-order valence-corrected chi connectivity index (χ3v) is 14.8. The summed E-state index contributed by atoms with van der Waals surface area (Å²) in [5.74, 6) is -1.30. The van der Waals surface area contributed by atoms with Crippen molar-refractivity contribution in [2.45, 2.75) is 71.3 Å². The monoisotopic (exact) mass is 972 g/mol. The van der Waals surface area contributed by atoms with E-state index in [1.54, 1.807) is 25.7 Å². The maximum Gasteiger partial charge on any atom is 0.234 e. The predicted molar refractivity (Wildman–Crippen MR) is 255 cm³/mol. The van der Waals surface area contributed by atoms with Crippen LogP contribution < -0.4 is 30.9 Å². The van der Waals surface area contributed by atoms with Crippen LogP contribution in [0, 0.1) is 18.6 Å². The van der Waals surface area contributed by atoms with Gasteiger partial charge in [-0.15, -0.1) is 0 Å². The second-order valence-electron chi connectivity index (χ2n) is 17.4. The highest BCUT2D eigenvalue weighted by atomic mass is 79.9. The maximum absolute atomic E-state index is 15.1. The Morgan fingerprint density at radius 1 is 0.908 bits per heavy atom. The zero-order chi connectivity index (χ0) is 46.0. The van der Waals surface area contributed by atoms with Crippen molar-refractivity contribution >= 4 is 79.9 Å². The summed E-state index contributed by atoms with van der Waals surface area (Å²) in [6, 6.07) is 11.2. The van der Waals surface area contributed by atoms with Gasteiger partial charge in [0.05, 0.1) is 33.9 Å². The summed E-state index contributed by atoms with van der Waals surface area (Å²) in [6.07, 6.45) is 6.96. The summed E-state index contributed by atoms with van der Waals surface area (Å²) in [4.78, 5) is 49.6. The zero-order valence-electron chi connectivity index (χ0n) is 37.5. The summed E-state index contributed by atoms with van der Waals surface area (Å²) in [7, 11) is -2.78. The van der Waals surface area contributed by atoms with Gasteiger partial charge in [-0.25, -0.2) is 23.7 Å². The Kier molecular flexibility index (Phi) is 14.1. The van der Waals surface area contributed by atoms with Crippen LogP contribution in [0.5, 0.6) is 5.75 Å². The first-order valence-electron chi connectivity index (χ1n) is 22.4. The molecule has 5 heterocycles. The molecule has 344 valence electrons. The van der Waals surface area contributed by atoms with Gasteiger partial charge in [-0.05, 0) is 117 Å². The van der Waals surface area contributed by atoms with E-state index in [9.17, 15) is 14.2 Å². The molecule has 3 fully saturated rings. The first-order valence-corrected chi connectivity index (χ1v) is 25.8. The molecule has 0 unspecified atom stereocenters. The highest BCUT2D eigenvalue weighted by molar-refractivity contribution is 9.10.